The second-order valence-electron chi connectivity index (χ2n) is 6.96. The van der Waals surface area contributed by atoms with Crippen molar-refractivity contribution in [1.29, 1.82) is 0 Å². The lowest BCUT2D eigenvalue weighted by atomic mass is 10.00. The molecule has 0 bridgehead atoms. The largest absolute Gasteiger partial charge is 0.437 e. The first kappa shape index (κ1) is 18.6. The minimum Gasteiger partial charge on any atom is -0.437 e. The van der Waals surface area contributed by atoms with E-state index in [9.17, 15) is 0 Å². The average molecular weight is 409 g/mol. The lowest BCUT2D eigenvalue weighted by Crippen LogP contribution is -1.89. The van der Waals surface area contributed by atoms with E-state index in [0.29, 0.717) is 5.71 Å². The van der Waals surface area contributed by atoms with Crippen LogP contribution in [0.15, 0.2) is 106 Å². The molecule has 4 heteroatoms. The summed E-state index contributed by atoms with van der Waals surface area (Å²) in [4.78, 5) is 10.3. The molecular formula is C26H20N2OS. The second-order valence-corrected chi connectivity index (χ2v) is 7.99. The predicted molar refractivity (Wildman–Crippen MR) is 123 cm³/mol. The Morgan fingerprint density at radius 1 is 0.767 bits per heavy atom. The Bertz CT molecular complexity index is 1300. The van der Waals surface area contributed by atoms with E-state index < -0.39 is 0 Å². The molecule has 5 aromatic rings. The summed E-state index contributed by atoms with van der Waals surface area (Å²) in [7, 11) is 0. The SMILES string of the molecule is CCc1ccccc1Sc1ncnc2oc(-c3ccccc3)c(-c3ccccc3)c12. The Labute approximate surface area is 179 Å². The quantitative estimate of drug-likeness (QED) is 0.287. The molecule has 0 atom stereocenters. The number of hydrogen-bond acceptors (Lipinski definition) is 4. The van der Waals surface area contributed by atoms with Crippen LogP contribution >= 0.6 is 11.8 Å². The summed E-state index contributed by atoms with van der Waals surface area (Å²) >= 11 is 1.67. The monoisotopic (exact) mass is 408 g/mol. The number of furan rings is 1. The fraction of sp³-hybridized carbons (Fsp3) is 0.0769. The van der Waals surface area contributed by atoms with E-state index in [1.807, 2.05) is 36.4 Å². The highest BCUT2D eigenvalue weighted by molar-refractivity contribution is 7.99. The highest BCUT2D eigenvalue weighted by atomic mass is 32.2. The van der Waals surface area contributed by atoms with Crippen molar-refractivity contribution in [3.8, 4) is 22.5 Å². The average Bonchev–Trinajstić information content (AvgIpc) is 3.21. The molecule has 0 aliphatic heterocycles. The van der Waals surface area contributed by atoms with Crippen molar-refractivity contribution < 1.29 is 4.42 Å². The number of aromatic nitrogens is 2. The Hall–Kier alpha value is -3.37. The molecule has 2 aromatic heterocycles. The topological polar surface area (TPSA) is 38.9 Å². The first-order valence-electron chi connectivity index (χ1n) is 9.99. The van der Waals surface area contributed by atoms with E-state index in [2.05, 4.69) is 65.4 Å². The number of nitrogens with zero attached hydrogens (tertiary/aromatic N) is 2. The fourth-order valence-electron chi connectivity index (χ4n) is 3.66. The minimum absolute atomic E-state index is 0.610. The normalized spacial score (nSPS) is 11.1. The van der Waals surface area contributed by atoms with E-state index in [4.69, 9.17) is 4.42 Å². The van der Waals surface area contributed by atoms with Crippen molar-refractivity contribution in [2.45, 2.75) is 23.3 Å². The van der Waals surface area contributed by atoms with Crippen molar-refractivity contribution in [3.63, 3.8) is 0 Å². The van der Waals surface area contributed by atoms with Crippen molar-refractivity contribution >= 4 is 22.9 Å². The number of hydrogen-bond donors (Lipinski definition) is 0. The standard InChI is InChI=1S/C26H20N2OS/c1-2-18-11-9-10-16-21(18)30-26-23-22(19-12-5-3-6-13-19)24(20-14-7-4-8-15-20)29-25(23)27-17-28-26/h3-17H,2H2,1H3. The highest BCUT2D eigenvalue weighted by Crippen LogP contribution is 2.44. The highest BCUT2D eigenvalue weighted by Gasteiger charge is 2.22. The summed E-state index contributed by atoms with van der Waals surface area (Å²) in [6, 6.07) is 29.0. The Balaban J connectivity index is 1.77. The summed E-state index contributed by atoms with van der Waals surface area (Å²) in [6.45, 7) is 2.18. The summed E-state index contributed by atoms with van der Waals surface area (Å²) in [6.07, 6.45) is 2.57. The van der Waals surface area contributed by atoms with Crippen molar-refractivity contribution in [2.75, 3.05) is 0 Å². The van der Waals surface area contributed by atoms with Gasteiger partial charge < -0.3 is 4.42 Å². The third-order valence-electron chi connectivity index (χ3n) is 5.11. The van der Waals surface area contributed by atoms with Gasteiger partial charge in [0.25, 0.3) is 0 Å². The summed E-state index contributed by atoms with van der Waals surface area (Å²) in [5, 5.41) is 1.86. The van der Waals surface area contributed by atoms with Crippen molar-refractivity contribution in [3.05, 3.63) is 96.8 Å². The molecule has 146 valence electrons. The fourth-order valence-corrected chi connectivity index (χ4v) is 4.75. The summed E-state index contributed by atoms with van der Waals surface area (Å²) in [5.74, 6) is 0.822. The van der Waals surface area contributed by atoms with Crippen molar-refractivity contribution in [2.24, 2.45) is 0 Å². The van der Waals surface area contributed by atoms with Gasteiger partial charge >= 0.3 is 0 Å². The zero-order valence-corrected chi connectivity index (χ0v) is 17.4. The molecule has 2 heterocycles. The van der Waals surface area contributed by atoms with Gasteiger partial charge in [-0.15, -0.1) is 0 Å². The van der Waals surface area contributed by atoms with Crippen LogP contribution in [0.4, 0.5) is 0 Å². The Kier molecular flexibility index (Phi) is 5.08. The van der Waals surface area contributed by atoms with Crippen LogP contribution in [-0.2, 0) is 6.42 Å². The zero-order valence-electron chi connectivity index (χ0n) is 16.6. The molecule has 0 spiro atoms. The molecule has 0 N–H and O–H groups in total. The van der Waals surface area contributed by atoms with E-state index >= 15 is 0 Å². The van der Waals surface area contributed by atoms with Gasteiger partial charge in [-0.2, -0.15) is 0 Å². The zero-order chi connectivity index (χ0) is 20.3. The molecule has 0 fully saturated rings. The second kappa shape index (κ2) is 8.17. The molecule has 3 nitrogen and oxygen atoms in total. The van der Waals surface area contributed by atoms with Gasteiger partial charge in [0, 0.05) is 16.0 Å². The van der Waals surface area contributed by atoms with E-state index in [-0.39, 0.29) is 0 Å². The number of benzene rings is 3. The molecule has 0 aliphatic rings. The van der Waals surface area contributed by atoms with E-state index in [1.165, 1.54) is 10.5 Å². The molecule has 3 aromatic carbocycles. The third kappa shape index (κ3) is 3.40. The van der Waals surface area contributed by atoms with Crippen LogP contribution in [0.5, 0.6) is 0 Å². The molecule has 0 amide bonds. The molecular weight excluding hydrogens is 388 g/mol. The van der Waals surface area contributed by atoms with Crippen LogP contribution in [-0.4, -0.2) is 9.97 Å². The van der Waals surface area contributed by atoms with Gasteiger partial charge in [-0.05, 0) is 23.6 Å². The first-order chi connectivity index (χ1) is 14.8. The van der Waals surface area contributed by atoms with Crippen LogP contribution in [0, 0.1) is 0 Å². The molecule has 0 aliphatic carbocycles. The number of rotatable bonds is 5. The van der Waals surface area contributed by atoms with Gasteiger partial charge in [0.15, 0.2) is 0 Å². The van der Waals surface area contributed by atoms with Gasteiger partial charge in [-0.3, -0.25) is 0 Å². The Morgan fingerprint density at radius 2 is 1.43 bits per heavy atom. The first-order valence-corrected chi connectivity index (χ1v) is 10.8. The van der Waals surface area contributed by atoms with Crippen LogP contribution in [0.25, 0.3) is 33.6 Å². The molecule has 30 heavy (non-hydrogen) atoms. The molecule has 0 saturated carbocycles. The maximum atomic E-state index is 6.31. The summed E-state index contributed by atoms with van der Waals surface area (Å²) in [5.41, 5.74) is 5.07. The maximum Gasteiger partial charge on any atom is 0.231 e. The molecule has 0 saturated heterocycles. The van der Waals surface area contributed by atoms with Gasteiger partial charge in [0.05, 0.1) is 5.39 Å². The predicted octanol–water partition coefficient (Wildman–Crippen LogP) is 7.27. The smallest absolute Gasteiger partial charge is 0.231 e. The lowest BCUT2D eigenvalue weighted by molar-refractivity contribution is 0.617. The van der Waals surface area contributed by atoms with Gasteiger partial charge in [0.2, 0.25) is 5.71 Å². The molecule has 5 rings (SSSR count). The molecule has 0 unspecified atom stereocenters. The summed E-state index contributed by atoms with van der Waals surface area (Å²) < 4.78 is 6.31. The van der Waals surface area contributed by atoms with Crippen LogP contribution in [0.2, 0.25) is 0 Å². The van der Waals surface area contributed by atoms with Gasteiger partial charge in [0.1, 0.15) is 17.1 Å². The van der Waals surface area contributed by atoms with Crippen molar-refractivity contribution in [1.82, 2.24) is 9.97 Å². The van der Waals surface area contributed by atoms with E-state index in [1.54, 1.807) is 18.1 Å². The lowest BCUT2D eigenvalue weighted by Gasteiger charge is -2.08. The minimum atomic E-state index is 0.610. The molecule has 0 radical (unpaired) electrons. The van der Waals surface area contributed by atoms with Crippen LogP contribution < -0.4 is 0 Å². The van der Waals surface area contributed by atoms with Crippen LogP contribution in [0.1, 0.15) is 12.5 Å². The van der Waals surface area contributed by atoms with E-state index in [0.717, 1.165) is 39.3 Å². The number of fused-ring (bicyclic) bond motifs is 1. The number of aryl methyl sites for hydroxylation is 1. The third-order valence-corrected chi connectivity index (χ3v) is 6.23. The maximum absolute atomic E-state index is 6.31. The van der Waals surface area contributed by atoms with Gasteiger partial charge in [-0.25, -0.2) is 9.97 Å². The van der Waals surface area contributed by atoms with Crippen LogP contribution in [0.3, 0.4) is 0 Å². The van der Waals surface area contributed by atoms with Gasteiger partial charge in [-0.1, -0.05) is 97.5 Å². The Morgan fingerprint density at radius 3 is 2.17 bits per heavy atom.